The molecule has 66 heavy (non-hydrogen) atoms. The van der Waals surface area contributed by atoms with Crippen LogP contribution in [0.15, 0.2) is 46.4 Å². The fourth-order valence-corrected chi connectivity index (χ4v) is 9.34. The second-order valence-corrected chi connectivity index (χ2v) is 20.1. The average Bonchev–Trinajstić information content (AvgIpc) is 3.30. The van der Waals surface area contributed by atoms with Crippen LogP contribution in [0, 0.1) is 11.8 Å². The fraction of sp³-hybridized carbons (Fsp3) is 0.746. The molecule has 0 aliphatic carbocycles. The Kier molecular flexibility index (Phi) is 42.4. The number of rotatable bonds is 43. The molecule has 2 nitrogen and oxygen atoms in total. The zero-order valence-electron chi connectivity index (χ0n) is 44.7. The topological polar surface area (TPSA) is 24.7 Å². The van der Waals surface area contributed by atoms with Gasteiger partial charge in [-0.3, -0.25) is 4.99 Å². The maximum absolute atomic E-state index is 5.62. The molecule has 2 aromatic carbocycles. The Bertz CT molecular complexity index is 1480. The van der Waals surface area contributed by atoms with E-state index in [1.54, 1.807) is 0 Å². The summed E-state index contributed by atoms with van der Waals surface area (Å²) in [6.45, 7) is 13.9. The van der Waals surface area contributed by atoms with Crippen LogP contribution in [0.4, 0.5) is 11.4 Å². The van der Waals surface area contributed by atoms with Crippen LogP contribution >= 0.6 is 0 Å². The van der Waals surface area contributed by atoms with Crippen molar-refractivity contribution in [3.05, 3.63) is 58.7 Å². The van der Waals surface area contributed by atoms with Gasteiger partial charge in [-0.15, -0.1) is 0 Å². The van der Waals surface area contributed by atoms with Gasteiger partial charge in [0.15, 0.2) is 0 Å². The van der Waals surface area contributed by atoms with E-state index in [9.17, 15) is 0 Å². The van der Waals surface area contributed by atoms with Gasteiger partial charge >= 0.3 is 0 Å². The van der Waals surface area contributed by atoms with Gasteiger partial charge in [-0.1, -0.05) is 246 Å². The molecule has 0 heterocycles. The Labute approximate surface area is 422 Å². The Hall–Kier alpha value is -2.17. The van der Waals surface area contributed by atoms with Crippen molar-refractivity contribution < 1.29 is 16.5 Å². The van der Waals surface area contributed by atoms with Crippen LogP contribution in [-0.4, -0.2) is 11.4 Å². The van der Waals surface area contributed by atoms with Gasteiger partial charge in [-0.05, 0) is 123 Å². The Morgan fingerprint density at radius 1 is 0.333 bits per heavy atom. The van der Waals surface area contributed by atoms with Crippen LogP contribution < -0.4 is 0 Å². The largest absolute Gasteiger partial charge is 0.250 e. The zero-order valence-corrected chi connectivity index (χ0v) is 45.7. The first-order valence-electron chi connectivity index (χ1n) is 29.0. The molecular formula is C63H106N2Ni. The molecule has 0 radical (unpaired) electrons. The maximum Gasteiger partial charge on any atom is 0.135 e. The van der Waals surface area contributed by atoms with E-state index >= 15 is 0 Å². The standard InChI is InChI=1S/C63H106N2.Ni/c1-7-13-19-21-23-24-25-26-27-28-29-30-31-32-33-34-35-37-43-49-63(65-61-54-58(46-40-17-11-5)51-59(55-61)47-41-18-12-6)62(48-42-36-22-20-14-8-2)64-60-52-56(44-38-15-9-3)50-57(53-60)45-39-16-10-4;/h50-55H,7-42,44-48H2,1-6H3;. The number of hydrogen-bond acceptors (Lipinski definition) is 2. The van der Waals surface area contributed by atoms with Crippen molar-refractivity contribution in [3.8, 4) is 11.8 Å². The van der Waals surface area contributed by atoms with Gasteiger partial charge in [-0.25, -0.2) is 4.99 Å². The van der Waals surface area contributed by atoms with Crippen molar-refractivity contribution in [1.82, 2.24) is 0 Å². The van der Waals surface area contributed by atoms with Crippen molar-refractivity contribution in [2.45, 2.75) is 305 Å². The molecule has 0 spiro atoms. The molecular weight excluding hydrogens is 843 g/mol. The summed E-state index contributed by atoms with van der Waals surface area (Å²) < 4.78 is 0. The Morgan fingerprint density at radius 3 is 0.970 bits per heavy atom. The minimum absolute atomic E-state index is 0. The molecule has 0 aromatic heterocycles. The maximum atomic E-state index is 5.62. The van der Waals surface area contributed by atoms with E-state index in [1.165, 1.54) is 241 Å². The van der Waals surface area contributed by atoms with E-state index in [0.29, 0.717) is 0 Å². The monoisotopic (exact) mass is 949 g/mol. The SMILES string of the molecule is CCCCCCCCCCCCCCCCCCCC#CC(=Nc1cc(CCCCC)cc(CCCCC)c1)C(CCCCCCCC)=Nc1cc(CCCCC)cc(CCCCC)c1.[Ni]. The molecule has 0 N–H and O–H groups in total. The third-order valence-corrected chi connectivity index (χ3v) is 13.5. The summed E-state index contributed by atoms with van der Waals surface area (Å²) in [6.07, 6.45) is 52.9. The molecule has 0 amide bonds. The molecule has 0 atom stereocenters. The summed E-state index contributed by atoms with van der Waals surface area (Å²) >= 11 is 0. The van der Waals surface area contributed by atoms with Crippen molar-refractivity contribution >= 4 is 22.8 Å². The van der Waals surface area contributed by atoms with Crippen molar-refractivity contribution in [1.29, 1.82) is 0 Å². The Balaban J connectivity index is 0.0000218. The van der Waals surface area contributed by atoms with Crippen molar-refractivity contribution in [3.63, 3.8) is 0 Å². The van der Waals surface area contributed by atoms with Gasteiger partial charge in [0.05, 0.1) is 17.1 Å². The minimum Gasteiger partial charge on any atom is -0.250 e. The summed E-state index contributed by atoms with van der Waals surface area (Å²) in [4.78, 5) is 11.2. The molecule has 2 aromatic rings. The van der Waals surface area contributed by atoms with E-state index in [4.69, 9.17) is 9.98 Å². The van der Waals surface area contributed by atoms with E-state index in [1.807, 2.05) is 0 Å². The van der Waals surface area contributed by atoms with Crippen LogP contribution in [0.3, 0.4) is 0 Å². The predicted molar refractivity (Wildman–Crippen MR) is 295 cm³/mol. The van der Waals surface area contributed by atoms with E-state index in [2.05, 4.69) is 89.8 Å². The van der Waals surface area contributed by atoms with E-state index in [-0.39, 0.29) is 16.5 Å². The Morgan fingerprint density at radius 2 is 0.621 bits per heavy atom. The van der Waals surface area contributed by atoms with Gasteiger partial charge in [0.1, 0.15) is 5.71 Å². The molecule has 0 saturated carbocycles. The smallest absolute Gasteiger partial charge is 0.135 e. The first kappa shape index (κ1) is 61.8. The van der Waals surface area contributed by atoms with Crippen molar-refractivity contribution in [2.24, 2.45) is 9.98 Å². The molecule has 3 heteroatoms. The molecule has 0 bridgehead atoms. The molecule has 378 valence electrons. The number of benzene rings is 2. The molecule has 0 aliphatic rings. The van der Waals surface area contributed by atoms with Crippen molar-refractivity contribution in [2.75, 3.05) is 0 Å². The summed E-state index contributed by atoms with van der Waals surface area (Å²) in [5, 5.41) is 0. The van der Waals surface area contributed by atoms with Gasteiger partial charge in [-0.2, -0.15) is 0 Å². The summed E-state index contributed by atoms with van der Waals surface area (Å²) in [5.74, 6) is 7.42. The van der Waals surface area contributed by atoms with Gasteiger partial charge in [0, 0.05) is 22.9 Å². The molecule has 0 unspecified atom stereocenters. The van der Waals surface area contributed by atoms with Crippen LogP contribution in [0.5, 0.6) is 0 Å². The van der Waals surface area contributed by atoms with Gasteiger partial charge in [0.2, 0.25) is 0 Å². The molecule has 0 aliphatic heterocycles. The first-order valence-corrected chi connectivity index (χ1v) is 29.0. The van der Waals surface area contributed by atoms with E-state index < -0.39 is 0 Å². The van der Waals surface area contributed by atoms with Crippen LogP contribution in [0.25, 0.3) is 0 Å². The minimum atomic E-state index is 0. The molecule has 0 fully saturated rings. The van der Waals surface area contributed by atoms with Gasteiger partial charge < -0.3 is 0 Å². The summed E-state index contributed by atoms with van der Waals surface area (Å²) in [5.41, 5.74) is 9.99. The van der Waals surface area contributed by atoms with Crippen LogP contribution in [-0.2, 0) is 42.2 Å². The third kappa shape index (κ3) is 33.4. The zero-order chi connectivity index (χ0) is 46.7. The number of hydrogen-bond donors (Lipinski definition) is 0. The molecule has 2 rings (SSSR count). The quantitative estimate of drug-likeness (QED) is 0.0274. The number of aryl methyl sites for hydroxylation is 4. The number of nitrogens with zero attached hydrogens (tertiary/aromatic N) is 2. The average molecular weight is 950 g/mol. The van der Waals surface area contributed by atoms with E-state index in [0.717, 1.165) is 67.7 Å². The van der Waals surface area contributed by atoms with Crippen LogP contribution in [0.2, 0.25) is 0 Å². The third-order valence-electron chi connectivity index (χ3n) is 13.5. The summed E-state index contributed by atoms with van der Waals surface area (Å²) in [6, 6.07) is 14.5. The van der Waals surface area contributed by atoms with Gasteiger partial charge in [0.25, 0.3) is 0 Å². The first-order chi connectivity index (χ1) is 32.1. The number of unbranched alkanes of at least 4 members (excludes halogenated alkanes) is 30. The second-order valence-electron chi connectivity index (χ2n) is 20.1. The van der Waals surface area contributed by atoms with Crippen LogP contribution in [0.1, 0.15) is 301 Å². The number of aliphatic imine (C=N–C) groups is 2. The summed E-state index contributed by atoms with van der Waals surface area (Å²) in [7, 11) is 0. The predicted octanol–water partition coefficient (Wildman–Crippen LogP) is 21.3. The fourth-order valence-electron chi connectivity index (χ4n) is 9.34. The molecule has 0 saturated heterocycles. The normalized spacial score (nSPS) is 11.8. The second kappa shape index (κ2) is 45.3.